The van der Waals surface area contributed by atoms with Crippen molar-refractivity contribution in [2.75, 3.05) is 25.4 Å². The van der Waals surface area contributed by atoms with E-state index in [2.05, 4.69) is 22.8 Å². The number of carbonyl (C=O) groups is 2. The zero-order valence-electron chi connectivity index (χ0n) is 19.2. The molecule has 33 heavy (non-hydrogen) atoms. The van der Waals surface area contributed by atoms with Crippen LogP contribution in [0, 0.1) is 5.92 Å². The lowest BCUT2D eigenvalue weighted by Gasteiger charge is -2.21. The fourth-order valence-electron chi connectivity index (χ4n) is 4.69. The van der Waals surface area contributed by atoms with Crippen LogP contribution in [0.3, 0.4) is 0 Å². The molecular weight excluding hydrogens is 432 g/mol. The van der Waals surface area contributed by atoms with E-state index >= 15 is 0 Å². The van der Waals surface area contributed by atoms with Crippen molar-refractivity contribution in [2.24, 2.45) is 5.92 Å². The topological polar surface area (TPSA) is 67.4 Å². The van der Waals surface area contributed by atoms with Crippen molar-refractivity contribution in [2.45, 2.75) is 56.3 Å². The van der Waals surface area contributed by atoms with Crippen LogP contribution < -0.4 is 15.4 Å². The molecular formula is C27H34N2O3S. The third-order valence-corrected chi connectivity index (χ3v) is 7.60. The summed E-state index contributed by atoms with van der Waals surface area (Å²) in [6.07, 6.45) is 9.79. The van der Waals surface area contributed by atoms with Crippen LogP contribution in [0.5, 0.6) is 5.75 Å². The van der Waals surface area contributed by atoms with E-state index in [9.17, 15) is 9.59 Å². The molecule has 0 radical (unpaired) electrons. The molecule has 0 unspecified atom stereocenters. The Bertz CT molecular complexity index is 956. The molecule has 2 aromatic rings. The van der Waals surface area contributed by atoms with Crippen LogP contribution >= 0.6 is 11.8 Å². The second kappa shape index (κ2) is 12.1. The molecule has 0 aromatic heterocycles. The smallest absolute Gasteiger partial charge is 0.252 e. The van der Waals surface area contributed by atoms with Gasteiger partial charge in [-0.15, -0.1) is 11.8 Å². The molecule has 2 aromatic carbocycles. The van der Waals surface area contributed by atoms with Crippen molar-refractivity contribution in [1.82, 2.24) is 10.6 Å². The molecule has 0 bridgehead atoms. The normalized spacial score (nSPS) is 15.6. The van der Waals surface area contributed by atoms with Crippen LogP contribution in [0.4, 0.5) is 0 Å². The third-order valence-electron chi connectivity index (χ3n) is 6.53. The van der Waals surface area contributed by atoms with Gasteiger partial charge < -0.3 is 15.4 Å². The van der Waals surface area contributed by atoms with E-state index in [-0.39, 0.29) is 11.8 Å². The monoisotopic (exact) mass is 466 g/mol. The highest BCUT2D eigenvalue weighted by atomic mass is 32.2. The number of hydrogen-bond donors (Lipinski definition) is 2. The van der Waals surface area contributed by atoms with Crippen molar-refractivity contribution in [3.05, 3.63) is 59.2 Å². The van der Waals surface area contributed by atoms with Gasteiger partial charge in [-0.25, -0.2) is 0 Å². The van der Waals surface area contributed by atoms with Gasteiger partial charge in [-0.2, -0.15) is 0 Å². The summed E-state index contributed by atoms with van der Waals surface area (Å²) in [5.41, 5.74) is 3.40. The average molecular weight is 467 g/mol. The van der Waals surface area contributed by atoms with Gasteiger partial charge in [0.25, 0.3) is 5.91 Å². The molecule has 0 saturated heterocycles. The van der Waals surface area contributed by atoms with E-state index in [1.165, 1.54) is 61.4 Å². The maximum absolute atomic E-state index is 12.7. The van der Waals surface area contributed by atoms with Gasteiger partial charge in [-0.3, -0.25) is 9.59 Å². The van der Waals surface area contributed by atoms with E-state index < -0.39 is 0 Å². The Kier molecular flexibility index (Phi) is 8.70. The SMILES string of the molecule is O=C(CSc1ccccc1C(=O)NCCOc1ccc2c(c1)CCC2)NCC1CCCCC1. The van der Waals surface area contributed by atoms with Gasteiger partial charge >= 0.3 is 0 Å². The molecule has 4 rings (SSSR count). The minimum absolute atomic E-state index is 0.0310. The van der Waals surface area contributed by atoms with Gasteiger partial charge in [-0.05, 0) is 73.4 Å². The molecule has 5 nitrogen and oxygen atoms in total. The third kappa shape index (κ3) is 7.00. The molecule has 0 heterocycles. The number of rotatable bonds is 10. The lowest BCUT2D eigenvalue weighted by Crippen LogP contribution is -2.31. The highest BCUT2D eigenvalue weighted by Crippen LogP contribution is 2.26. The summed E-state index contributed by atoms with van der Waals surface area (Å²) in [6, 6.07) is 13.7. The van der Waals surface area contributed by atoms with E-state index in [1.54, 1.807) is 6.07 Å². The molecule has 1 fully saturated rings. The largest absolute Gasteiger partial charge is 0.492 e. The Labute approximate surface area is 201 Å². The van der Waals surface area contributed by atoms with Crippen LogP contribution in [0.2, 0.25) is 0 Å². The Hall–Kier alpha value is -2.47. The fourth-order valence-corrected chi connectivity index (χ4v) is 5.57. The summed E-state index contributed by atoms with van der Waals surface area (Å²) in [7, 11) is 0. The quantitative estimate of drug-likeness (QED) is 0.391. The fraction of sp³-hybridized carbons (Fsp3) is 0.481. The predicted octanol–water partition coefficient (Wildman–Crippen LogP) is 4.77. The molecule has 2 N–H and O–H groups in total. The number of hydrogen-bond acceptors (Lipinski definition) is 4. The molecule has 1 saturated carbocycles. The maximum atomic E-state index is 12.7. The lowest BCUT2D eigenvalue weighted by atomic mass is 9.89. The second-order valence-corrected chi connectivity index (χ2v) is 10.00. The zero-order chi connectivity index (χ0) is 22.9. The standard InChI is InChI=1S/C27H34N2O3S/c30-26(29-18-20-7-2-1-3-8-20)19-33-25-12-5-4-11-24(25)27(31)28-15-16-32-23-14-13-21-9-6-10-22(21)17-23/h4-5,11-14,17,20H,1-3,6-10,15-16,18-19H2,(H,28,31)(H,29,30). The zero-order valence-corrected chi connectivity index (χ0v) is 20.1. The molecule has 6 heteroatoms. The number of benzene rings is 2. The van der Waals surface area contributed by atoms with Crippen molar-refractivity contribution >= 4 is 23.6 Å². The number of amides is 2. The number of ether oxygens (including phenoxy) is 1. The predicted molar refractivity (Wildman–Crippen MR) is 133 cm³/mol. The van der Waals surface area contributed by atoms with Gasteiger partial charge in [0, 0.05) is 11.4 Å². The Balaban J connectivity index is 1.20. The first-order valence-corrected chi connectivity index (χ1v) is 13.2. The van der Waals surface area contributed by atoms with Gasteiger partial charge in [-0.1, -0.05) is 37.5 Å². The van der Waals surface area contributed by atoms with Crippen molar-refractivity contribution < 1.29 is 14.3 Å². The lowest BCUT2D eigenvalue weighted by molar-refractivity contribution is -0.118. The molecule has 176 valence electrons. The van der Waals surface area contributed by atoms with E-state index in [0.29, 0.717) is 30.4 Å². The van der Waals surface area contributed by atoms with Gasteiger partial charge in [0.15, 0.2) is 0 Å². The van der Waals surface area contributed by atoms with E-state index in [0.717, 1.165) is 30.0 Å². The first-order valence-electron chi connectivity index (χ1n) is 12.2. The van der Waals surface area contributed by atoms with Gasteiger partial charge in [0.2, 0.25) is 5.91 Å². The molecule has 2 amide bonds. The second-order valence-electron chi connectivity index (χ2n) is 8.98. The summed E-state index contributed by atoms with van der Waals surface area (Å²) < 4.78 is 5.83. The van der Waals surface area contributed by atoms with Crippen molar-refractivity contribution in [3.8, 4) is 5.75 Å². The number of nitrogens with one attached hydrogen (secondary N) is 2. The summed E-state index contributed by atoms with van der Waals surface area (Å²) in [6.45, 7) is 1.62. The minimum atomic E-state index is -0.140. The maximum Gasteiger partial charge on any atom is 0.252 e. The summed E-state index contributed by atoms with van der Waals surface area (Å²) in [5.74, 6) is 1.69. The highest BCUT2D eigenvalue weighted by Gasteiger charge is 2.16. The van der Waals surface area contributed by atoms with Crippen LogP contribution in [0.15, 0.2) is 47.4 Å². The number of thioether (sulfide) groups is 1. The first-order chi connectivity index (χ1) is 16.2. The first kappa shape index (κ1) is 23.7. The van der Waals surface area contributed by atoms with E-state index in [1.807, 2.05) is 24.3 Å². The number of aryl methyl sites for hydroxylation is 2. The summed E-state index contributed by atoms with van der Waals surface area (Å²) in [4.78, 5) is 25.9. The van der Waals surface area contributed by atoms with Gasteiger partial charge in [0.1, 0.15) is 12.4 Å². The highest BCUT2D eigenvalue weighted by molar-refractivity contribution is 8.00. The Morgan fingerprint density at radius 1 is 0.939 bits per heavy atom. The van der Waals surface area contributed by atoms with Crippen molar-refractivity contribution in [1.29, 1.82) is 0 Å². The molecule has 2 aliphatic carbocycles. The molecule has 0 atom stereocenters. The average Bonchev–Trinajstić information content (AvgIpc) is 3.33. The Morgan fingerprint density at radius 3 is 2.64 bits per heavy atom. The molecule has 0 aliphatic heterocycles. The van der Waals surface area contributed by atoms with Crippen LogP contribution in [-0.4, -0.2) is 37.3 Å². The van der Waals surface area contributed by atoms with Gasteiger partial charge in [0.05, 0.1) is 17.9 Å². The molecule has 2 aliphatic rings. The summed E-state index contributed by atoms with van der Waals surface area (Å²) in [5, 5.41) is 6.01. The van der Waals surface area contributed by atoms with Crippen LogP contribution in [0.1, 0.15) is 60.0 Å². The number of carbonyl (C=O) groups excluding carboxylic acids is 2. The minimum Gasteiger partial charge on any atom is -0.492 e. The van der Waals surface area contributed by atoms with Crippen molar-refractivity contribution in [3.63, 3.8) is 0 Å². The Morgan fingerprint density at radius 2 is 1.76 bits per heavy atom. The number of fused-ring (bicyclic) bond motifs is 1. The summed E-state index contributed by atoms with van der Waals surface area (Å²) >= 11 is 1.41. The van der Waals surface area contributed by atoms with E-state index in [4.69, 9.17) is 4.74 Å². The van der Waals surface area contributed by atoms with Crippen LogP contribution in [-0.2, 0) is 17.6 Å². The molecule has 0 spiro atoms. The van der Waals surface area contributed by atoms with Crippen LogP contribution in [0.25, 0.3) is 0 Å².